The summed E-state index contributed by atoms with van der Waals surface area (Å²) >= 11 is 0. The monoisotopic (exact) mass is 621 g/mol. The van der Waals surface area contributed by atoms with Gasteiger partial charge in [-0.25, -0.2) is 9.97 Å². The van der Waals surface area contributed by atoms with Crippen LogP contribution in [0.25, 0.3) is 104 Å². The summed E-state index contributed by atoms with van der Waals surface area (Å²) in [5.41, 5.74) is 4.50. The predicted octanol–water partition coefficient (Wildman–Crippen LogP) is 12.1. The molecule has 49 heavy (non-hydrogen) atoms. The van der Waals surface area contributed by atoms with Gasteiger partial charge in [0.2, 0.25) is 5.78 Å². The lowest BCUT2D eigenvalue weighted by molar-refractivity contribution is 1.11. The van der Waals surface area contributed by atoms with Crippen molar-refractivity contribution in [2.45, 2.75) is 0 Å². The molecule has 3 heteroatoms. The molecule has 0 atom stereocenters. The van der Waals surface area contributed by atoms with Gasteiger partial charge in [0.1, 0.15) is 0 Å². The highest BCUT2D eigenvalue weighted by Crippen LogP contribution is 2.46. The van der Waals surface area contributed by atoms with Crippen LogP contribution in [-0.4, -0.2) is 14.4 Å². The van der Waals surface area contributed by atoms with E-state index in [1.54, 1.807) is 6.20 Å². The van der Waals surface area contributed by atoms with Gasteiger partial charge in [-0.1, -0.05) is 127 Å². The van der Waals surface area contributed by atoms with E-state index >= 15 is 0 Å². The largest absolute Gasteiger partial charge is 0.291 e. The molecular weight excluding hydrogens is 595 g/mol. The number of rotatable bonds is 2. The molecule has 0 saturated heterocycles. The van der Waals surface area contributed by atoms with Crippen LogP contribution in [0.5, 0.6) is 0 Å². The van der Waals surface area contributed by atoms with E-state index in [0.29, 0.717) is 5.78 Å². The van der Waals surface area contributed by atoms with Gasteiger partial charge in [0.25, 0.3) is 0 Å². The van der Waals surface area contributed by atoms with Gasteiger partial charge in [-0.3, -0.25) is 4.40 Å². The molecule has 0 aliphatic heterocycles. The van der Waals surface area contributed by atoms with Crippen LogP contribution in [-0.2, 0) is 0 Å². The fourth-order valence-corrected chi connectivity index (χ4v) is 8.40. The molecule has 0 fully saturated rings. The molecule has 2 aromatic heterocycles. The molecule has 0 aliphatic carbocycles. The summed E-state index contributed by atoms with van der Waals surface area (Å²) < 4.78 is 2.00. The lowest BCUT2D eigenvalue weighted by Gasteiger charge is -2.19. The number of fused-ring (bicyclic) bond motifs is 8. The first-order valence-electron chi connectivity index (χ1n) is 16.7. The normalized spacial score (nSPS) is 12.1. The number of hydrogen-bond acceptors (Lipinski definition) is 2. The Balaban J connectivity index is 1.34. The Morgan fingerprint density at radius 3 is 1.59 bits per heavy atom. The van der Waals surface area contributed by atoms with Crippen LogP contribution in [0.3, 0.4) is 0 Å². The van der Waals surface area contributed by atoms with E-state index in [2.05, 4.69) is 151 Å². The van der Waals surface area contributed by atoms with E-state index < -0.39 is 0 Å². The fourth-order valence-electron chi connectivity index (χ4n) is 8.40. The number of hydrogen-bond donors (Lipinski definition) is 0. The summed E-state index contributed by atoms with van der Waals surface area (Å²) in [5.74, 6) is 0.696. The van der Waals surface area contributed by atoms with Crippen molar-refractivity contribution in [2.24, 2.45) is 0 Å². The van der Waals surface area contributed by atoms with Crippen LogP contribution >= 0.6 is 0 Å². The lowest BCUT2D eigenvalue weighted by Crippen LogP contribution is -1.92. The van der Waals surface area contributed by atoms with Crippen molar-refractivity contribution in [1.29, 1.82) is 0 Å². The minimum absolute atomic E-state index is 0.696. The zero-order valence-corrected chi connectivity index (χ0v) is 26.4. The van der Waals surface area contributed by atoms with Crippen LogP contribution in [0.4, 0.5) is 0 Å². The van der Waals surface area contributed by atoms with Gasteiger partial charge in [-0.05, 0) is 105 Å². The molecule has 0 N–H and O–H groups in total. The second kappa shape index (κ2) is 9.96. The Bertz CT molecular complexity index is 3080. The standard InChI is InChI=1S/C46H27N3/c1-3-14-33-31(12-1)32-13-2-4-15-34(32)40-26-30(25-29-22-21-28-11-9-20-35(33)43(28)44(29)40)42-36-16-5-7-18-38(36)45(39-19-8-6-17-37(39)42)41-27-49-24-10-23-47-46(49)48-41/h1-27H. The molecular formula is C46H27N3. The molecule has 11 rings (SSSR count). The van der Waals surface area contributed by atoms with E-state index in [9.17, 15) is 0 Å². The van der Waals surface area contributed by atoms with Crippen LogP contribution in [0.2, 0.25) is 0 Å². The van der Waals surface area contributed by atoms with Gasteiger partial charge in [-0.2, -0.15) is 0 Å². The maximum Gasteiger partial charge on any atom is 0.234 e. The average Bonchev–Trinajstić information content (AvgIpc) is 3.59. The van der Waals surface area contributed by atoms with Gasteiger partial charge in [0.05, 0.1) is 5.69 Å². The minimum Gasteiger partial charge on any atom is -0.291 e. The number of aromatic nitrogens is 3. The van der Waals surface area contributed by atoms with Crippen LogP contribution < -0.4 is 0 Å². The Morgan fingerprint density at radius 2 is 0.939 bits per heavy atom. The van der Waals surface area contributed by atoms with Crippen molar-refractivity contribution < 1.29 is 0 Å². The van der Waals surface area contributed by atoms with E-state index in [1.165, 1.54) is 86.5 Å². The van der Waals surface area contributed by atoms with Crippen molar-refractivity contribution >= 4 is 81.2 Å². The van der Waals surface area contributed by atoms with Crippen LogP contribution in [0.1, 0.15) is 0 Å². The quantitative estimate of drug-likeness (QED) is 0.142. The van der Waals surface area contributed by atoms with Crippen LogP contribution in [0, 0.1) is 0 Å². The first-order chi connectivity index (χ1) is 24.3. The minimum atomic E-state index is 0.696. The summed E-state index contributed by atoms with van der Waals surface area (Å²) in [4.78, 5) is 9.53. The molecule has 3 nitrogen and oxygen atoms in total. The molecule has 9 aromatic carbocycles. The molecule has 0 aliphatic rings. The first-order valence-corrected chi connectivity index (χ1v) is 16.7. The van der Waals surface area contributed by atoms with Crippen molar-refractivity contribution in [3.05, 3.63) is 164 Å². The topological polar surface area (TPSA) is 30.2 Å². The smallest absolute Gasteiger partial charge is 0.234 e. The van der Waals surface area contributed by atoms with E-state index in [4.69, 9.17) is 4.98 Å². The summed E-state index contributed by atoms with van der Waals surface area (Å²) in [7, 11) is 0. The molecule has 0 amide bonds. The molecule has 0 unspecified atom stereocenters. The molecule has 0 radical (unpaired) electrons. The van der Waals surface area contributed by atoms with Gasteiger partial charge >= 0.3 is 0 Å². The number of benzene rings is 8. The zero-order valence-electron chi connectivity index (χ0n) is 26.4. The second-order valence-electron chi connectivity index (χ2n) is 13.0. The van der Waals surface area contributed by atoms with Crippen molar-refractivity contribution in [3.8, 4) is 22.4 Å². The summed E-state index contributed by atoms with van der Waals surface area (Å²) in [5, 5.41) is 17.5. The molecule has 11 aromatic rings. The van der Waals surface area contributed by atoms with Crippen molar-refractivity contribution in [3.63, 3.8) is 0 Å². The highest BCUT2D eigenvalue weighted by atomic mass is 15.1. The molecule has 0 saturated carbocycles. The maximum atomic E-state index is 5.00. The van der Waals surface area contributed by atoms with Gasteiger partial charge in [0, 0.05) is 24.2 Å². The maximum absolute atomic E-state index is 5.00. The molecule has 226 valence electrons. The Morgan fingerprint density at radius 1 is 0.408 bits per heavy atom. The highest BCUT2D eigenvalue weighted by Gasteiger charge is 2.20. The summed E-state index contributed by atoms with van der Waals surface area (Å²) in [6.45, 7) is 0. The predicted molar refractivity (Wildman–Crippen MR) is 206 cm³/mol. The highest BCUT2D eigenvalue weighted by molar-refractivity contribution is 6.34. The molecule has 2 heterocycles. The number of imidazole rings is 1. The third-order valence-corrected chi connectivity index (χ3v) is 10.4. The summed E-state index contributed by atoms with van der Waals surface area (Å²) in [6.07, 6.45) is 5.90. The average molecular weight is 622 g/mol. The van der Waals surface area contributed by atoms with E-state index in [-0.39, 0.29) is 0 Å². The van der Waals surface area contributed by atoms with Crippen LogP contribution in [0.15, 0.2) is 164 Å². The van der Waals surface area contributed by atoms with Gasteiger partial charge in [0.15, 0.2) is 0 Å². The SMILES string of the molecule is c1ccc2c(-c3cn4cccnc4n3)c3ccccc3c(-c3cc4ccc5cccc6c7ccccc7c7ccccc7c(c3)c4c56)c2c1. The van der Waals surface area contributed by atoms with Gasteiger partial charge < -0.3 is 0 Å². The Hall–Kier alpha value is -6.58. The number of nitrogens with zero attached hydrogens (tertiary/aromatic N) is 3. The zero-order chi connectivity index (χ0) is 32.1. The molecule has 0 bridgehead atoms. The summed E-state index contributed by atoms with van der Waals surface area (Å²) in [6, 6.07) is 53.5. The first kappa shape index (κ1) is 26.5. The third kappa shape index (κ3) is 3.73. The Kier molecular flexibility index (Phi) is 5.38. The lowest BCUT2D eigenvalue weighted by atomic mass is 9.84. The fraction of sp³-hybridized carbons (Fsp3) is 0. The van der Waals surface area contributed by atoms with E-state index in [1.807, 2.05) is 16.7 Å². The second-order valence-corrected chi connectivity index (χ2v) is 13.0. The third-order valence-electron chi connectivity index (χ3n) is 10.4. The van der Waals surface area contributed by atoms with Crippen molar-refractivity contribution in [2.75, 3.05) is 0 Å². The van der Waals surface area contributed by atoms with Crippen molar-refractivity contribution in [1.82, 2.24) is 14.4 Å². The molecule has 0 spiro atoms. The van der Waals surface area contributed by atoms with Gasteiger partial charge in [-0.15, -0.1) is 0 Å². The van der Waals surface area contributed by atoms with E-state index in [0.717, 1.165) is 11.3 Å². The Labute approximate surface area is 281 Å².